The third-order valence-electron chi connectivity index (χ3n) is 6.63. The molecule has 0 saturated carbocycles. The smallest absolute Gasteiger partial charge is 0.0935 e. The van der Waals surface area contributed by atoms with Crippen LogP contribution in [0.25, 0.3) is 16.6 Å². The lowest BCUT2D eigenvalue weighted by Gasteiger charge is -2.25. The van der Waals surface area contributed by atoms with E-state index in [0.717, 1.165) is 56.0 Å². The Bertz CT molecular complexity index is 1220. The molecule has 5 rings (SSSR count). The highest BCUT2D eigenvalue weighted by atomic mass is 15.3. The lowest BCUT2D eigenvalue weighted by atomic mass is 9.99. The van der Waals surface area contributed by atoms with Crippen LogP contribution in [0.3, 0.4) is 0 Å². The number of aromatic nitrogens is 3. The van der Waals surface area contributed by atoms with Crippen LogP contribution in [0.15, 0.2) is 67.0 Å². The van der Waals surface area contributed by atoms with Crippen LogP contribution in [0.1, 0.15) is 43.0 Å². The van der Waals surface area contributed by atoms with Gasteiger partial charge in [-0.1, -0.05) is 37.6 Å². The van der Waals surface area contributed by atoms with Crippen LogP contribution in [0.2, 0.25) is 0 Å². The molecule has 2 aromatic heterocycles. The molecular weight excluding hydrogens is 406 g/mol. The van der Waals surface area contributed by atoms with E-state index in [4.69, 9.17) is 10.1 Å². The van der Waals surface area contributed by atoms with Crippen LogP contribution < -0.4 is 4.90 Å². The predicted molar refractivity (Wildman–Crippen MR) is 136 cm³/mol. The maximum absolute atomic E-state index is 4.84. The molecule has 1 fully saturated rings. The van der Waals surface area contributed by atoms with Gasteiger partial charge >= 0.3 is 0 Å². The first-order valence-corrected chi connectivity index (χ1v) is 12.0. The first kappa shape index (κ1) is 21.7. The maximum Gasteiger partial charge on any atom is 0.0935 e. The van der Waals surface area contributed by atoms with Crippen LogP contribution in [0.5, 0.6) is 0 Å². The van der Waals surface area contributed by atoms with E-state index < -0.39 is 0 Å². The predicted octanol–water partition coefficient (Wildman–Crippen LogP) is 5.56. The van der Waals surface area contributed by atoms with Gasteiger partial charge in [0.2, 0.25) is 0 Å². The standard InChI is InChI=1S/C28H33N5/c1-21(2)24-18-23-6-4-12-29-28(23)27(19-24)32-14-5-13-31(16-17-32)20-25-11-15-33(30-25)26-9-7-22(3)8-10-26/h4,6-12,15,18-19,21H,5,13-14,16-17,20H2,1-3H3. The molecule has 33 heavy (non-hydrogen) atoms. The van der Waals surface area contributed by atoms with Crippen molar-refractivity contribution in [3.8, 4) is 5.69 Å². The van der Waals surface area contributed by atoms with Crippen molar-refractivity contribution in [1.82, 2.24) is 19.7 Å². The first-order valence-electron chi connectivity index (χ1n) is 12.0. The molecule has 0 atom stereocenters. The largest absolute Gasteiger partial charge is 0.368 e. The highest BCUT2D eigenvalue weighted by Crippen LogP contribution is 2.31. The van der Waals surface area contributed by atoms with E-state index in [1.54, 1.807) is 0 Å². The maximum atomic E-state index is 4.84. The van der Waals surface area contributed by atoms with Gasteiger partial charge in [0.05, 0.1) is 22.6 Å². The summed E-state index contributed by atoms with van der Waals surface area (Å²) in [7, 11) is 0. The van der Waals surface area contributed by atoms with Crippen molar-refractivity contribution < 1.29 is 0 Å². The molecule has 0 radical (unpaired) electrons. The van der Waals surface area contributed by atoms with Gasteiger partial charge < -0.3 is 4.90 Å². The number of aryl methyl sites for hydroxylation is 1. The Morgan fingerprint density at radius 2 is 1.79 bits per heavy atom. The fourth-order valence-corrected chi connectivity index (χ4v) is 4.66. The Labute approximate surface area is 196 Å². The molecule has 1 aliphatic heterocycles. The van der Waals surface area contributed by atoms with Crippen molar-refractivity contribution in [2.24, 2.45) is 0 Å². The van der Waals surface area contributed by atoms with Gasteiger partial charge in [0.1, 0.15) is 0 Å². The highest BCUT2D eigenvalue weighted by Gasteiger charge is 2.19. The second kappa shape index (κ2) is 9.36. The molecule has 3 heterocycles. The monoisotopic (exact) mass is 439 g/mol. The topological polar surface area (TPSA) is 37.2 Å². The van der Waals surface area contributed by atoms with E-state index in [1.165, 1.54) is 22.2 Å². The van der Waals surface area contributed by atoms with Gasteiger partial charge in [-0.3, -0.25) is 9.88 Å². The summed E-state index contributed by atoms with van der Waals surface area (Å²) in [5.74, 6) is 0.500. The van der Waals surface area contributed by atoms with Crippen molar-refractivity contribution >= 4 is 16.6 Å². The van der Waals surface area contributed by atoms with Crippen molar-refractivity contribution in [3.63, 3.8) is 0 Å². The van der Waals surface area contributed by atoms with Gasteiger partial charge in [0, 0.05) is 50.5 Å². The molecular formula is C28H33N5. The molecule has 5 nitrogen and oxygen atoms in total. The number of hydrogen-bond acceptors (Lipinski definition) is 4. The Kier molecular flexibility index (Phi) is 6.14. The second-order valence-electron chi connectivity index (χ2n) is 9.47. The summed E-state index contributed by atoms with van der Waals surface area (Å²) < 4.78 is 1.98. The highest BCUT2D eigenvalue weighted by molar-refractivity contribution is 5.91. The van der Waals surface area contributed by atoms with Gasteiger partial charge in [-0.15, -0.1) is 0 Å². The van der Waals surface area contributed by atoms with E-state index in [9.17, 15) is 0 Å². The van der Waals surface area contributed by atoms with E-state index >= 15 is 0 Å². The molecule has 0 N–H and O–H groups in total. The number of benzene rings is 2. The molecule has 0 bridgehead atoms. The molecule has 1 saturated heterocycles. The van der Waals surface area contributed by atoms with Crippen molar-refractivity contribution in [2.75, 3.05) is 31.1 Å². The number of fused-ring (bicyclic) bond motifs is 1. The minimum absolute atomic E-state index is 0.500. The van der Waals surface area contributed by atoms with Gasteiger partial charge in [-0.2, -0.15) is 5.10 Å². The minimum atomic E-state index is 0.500. The molecule has 0 unspecified atom stereocenters. The summed E-state index contributed by atoms with van der Waals surface area (Å²) in [5.41, 5.74) is 7.28. The fraction of sp³-hybridized carbons (Fsp3) is 0.357. The summed E-state index contributed by atoms with van der Waals surface area (Å²) >= 11 is 0. The molecule has 170 valence electrons. The normalized spacial score (nSPS) is 15.3. The molecule has 0 aliphatic carbocycles. The lowest BCUT2D eigenvalue weighted by Crippen LogP contribution is -2.31. The van der Waals surface area contributed by atoms with E-state index in [1.807, 2.05) is 16.9 Å². The van der Waals surface area contributed by atoms with Crippen LogP contribution >= 0.6 is 0 Å². The number of rotatable bonds is 5. The Morgan fingerprint density at radius 1 is 0.939 bits per heavy atom. The van der Waals surface area contributed by atoms with Crippen LogP contribution in [-0.2, 0) is 6.54 Å². The molecule has 5 heteroatoms. The number of anilines is 1. The first-order chi connectivity index (χ1) is 16.1. The minimum Gasteiger partial charge on any atom is -0.368 e. The molecule has 2 aromatic carbocycles. The van der Waals surface area contributed by atoms with Crippen molar-refractivity contribution in [2.45, 2.75) is 39.7 Å². The van der Waals surface area contributed by atoms with E-state index in [0.29, 0.717) is 5.92 Å². The summed E-state index contributed by atoms with van der Waals surface area (Å²) in [5, 5.41) is 6.07. The molecule has 0 amide bonds. The SMILES string of the molecule is Cc1ccc(-n2ccc(CN3CCCN(c4cc(C(C)C)cc5cccnc45)CC3)n2)cc1. The van der Waals surface area contributed by atoms with Gasteiger partial charge in [0.15, 0.2) is 0 Å². The van der Waals surface area contributed by atoms with Gasteiger partial charge in [0.25, 0.3) is 0 Å². The van der Waals surface area contributed by atoms with E-state index in [2.05, 4.69) is 85.3 Å². The van der Waals surface area contributed by atoms with Crippen molar-refractivity contribution in [1.29, 1.82) is 0 Å². The third-order valence-corrected chi connectivity index (χ3v) is 6.63. The number of nitrogens with zero attached hydrogens (tertiary/aromatic N) is 5. The molecule has 4 aromatic rings. The molecule has 1 aliphatic rings. The number of pyridine rings is 1. The van der Waals surface area contributed by atoms with Gasteiger partial charge in [-0.05, 0) is 61.2 Å². The Morgan fingerprint density at radius 3 is 2.61 bits per heavy atom. The summed E-state index contributed by atoms with van der Waals surface area (Å²) in [4.78, 5) is 9.81. The zero-order chi connectivity index (χ0) is 22.8. The summed E-state index contributed by atoms with van der Waals surface area (Å²) in [6.07, 6.45) is 5.12. The van der Waals surface area contributed by atoms with Crippen LogP contribution in [-0.4, -0.2) is 45.8 Å². The quantitative estimate of drug-likeness (QED) is 0.408. The second-order valence-corrected chi connectivity index (χ2v) is 9.47. The number of hydrogen-bond donors (Lipinski definition) is 0. The lowest BCUT2D eigenvalue weighted by molar-refractivity contribution is 0.281. The average molecular weight is 440 g/mol. The van der Waals surface area contributed by atoms with Gasteiger partial charge in [-0.25, -0.2) is 4.68 Å². The summed E-state index contributed by atoms with van der Waals surface area (Å²) in [6, 6.07) is 19.5. The zero-order valence-corrected chi connectivity index (χ0v) is 19.9. The average Bonchev–Trinajstić information content (AvgIpc) is 3.16. The third kappa shape index (κ3) is 4.79. The van der Waals surface area contributed by atoms with E-state index in [-0.39, 0.29) is 0 Å². The van der Waals surface area contributed by atoms with Crippen LogP contribution in [0, 0.1) is 6.92 Å². The zero-order valence-electron chi connectivity index (χ0n) is 19.9. The fourth-order valence-electron chi connectivity index (χ4n) is 4.66. The van der Waals surface area contributed by atoms with Crippen molar-refractivity contribution in [3.05, 3.63) is 83.8 Å². The Hall–Kier alpha value is -3.18. The van der Waals surface area contributed by atoms with Crippen LogP contribution in [0.4, 0.5) is 5.69 Å². The molecule has 0 spiro atoms. The Balaban J connectivity index is 1.30. The summed E-state index contributed by atoms with van der Waals surface area (Å²) in [6.45, 7) is 11.7.